The molecule has 2 N–H and O–H groups in total. The van der Waals surface area contributed by atoms with Gasteiger partial charge in [-0.25, -0.2) is 8.78 Å². The van der Waals surface area contributed by atoms with Crippen LogP contribution in [0.25, 0.3) is 10.9 Å². The minimum Gasteiger partial charge on any atom is -0.390 e. The van der Waals surface area contributed by atoms with Crippen LogP contribution in [0.2, 0.25) is 0 Å². The molecule has 0 bridgehead atoms. The molecule has 0 aliphatic carbocycles. The molecule has 2 rings (SSSR count). The smallest absolute Gasteiger partial charge is 0.287 e. The van der Waals surface area contributed by atoms with Gasteiger partial charge in [0.05, 0.1) is 12.1 Å². The zero-order chi connectivity index (χ0) is 14.0. The zero-order valence-corrected chi connectivity index (χ0v) is 10.2. The summed E-state index contributed by atoms with van der Waals surface area (Å²) in [6.45, 7) is -2.23. The molecule has 0 aliphatic heterocycles. The third kappa shape index (κ3) is 2.70. The van der Waals surface area contributed by atoms with Crippen LogP contribution in [0, 0.1) is 0 Å². The number of hydrogen-bond acceptors (Lipinski definition) is 3. The van der Waals surface area contributed by atoms with Gasteiger partial charge in [0.15, 0.2) is 5.69 Å². The summed E-state index contributed by atoms with van der Waals surface area (Å²) in [5.74, 6) is -4.02. The van der Waals surface area contributed by atoms with Crippen LogP contribution >= 0.6 is 0 Å². The van der Waals surface area contributed by atoms with Crippen molar-refractivity contribution in [1.29, 1.82) is 0 Å². The molecule has 19 heavy (non-hydrogen) atoms. The molecule has 1 aromatic carbocycles. The minimum absolute atomic E-state index is 0.0897. The molecule has 0 saturated heterocycles. The van der Waals surface area contributed by atoms with Crippen molar-refractivity contribution in [3.8, 4) is 0 Å². The Balaban J connectivity index is 2.23. The second-order valence-electron chi connectivity index (χ2n) is 4.19. The number of para-hydroxylation sites is 1. The van der Waals surface area contributed by atoms with Crippen LogP contribution in [-0.2, 0) is 7.05 Å². The summed E-state index contributed by atoms with van der Waals surface area (Å²) in [7, 11) is 1.67. The number of aliphatic hydroxyl groups excluding tert-OH is 1. The molecule has 0 atom stereocenters. The highest BCUT2D eigenvalue weighted by molar-refractivity contribution is 6.04. The molecular weight excluding hydrogens is 256 g/mol. The van der Waals surface area contributed by atoms with Crippen molar-refractivity contribution >= 4 is 16.8 Å². The molecule has 102 valence electrons. The average Bonchev–Trinajstić information content (AvgIpc) is 2.74. The summed E-state index contributed by atoms with van der Waals surface area (Å²) in [6.07, 6.45) is 0. The standard InChI is InChI=1S/C12H13F2N3O2/c1-17-9-5-3-2-4-8(9)10(16-17)11(19)15-6-12(13,14)7-18/h2-5,18H,6-7H2,1H3,(H,15,19). The molecule has 2 aromatic rings. The lowest BCUT2D eigenvalue weighted by Crippen LogP contribution is -2.39. The van der Waals surface area contributed by atoms with Crippen molar-refractivity contribution < 1.29 is 18.7 Å². The van der Waals surface area contributed by atoms with E-state index in [9.17, 15) is 13.6 Å². The molecule has 0 radical (unpaired) electrons. The molecule has 0 fully saturated rings. The number of halogens is 2. The molecule has 7 heteroatoms. The number of hydrogen-bond donors (Lipinski definition) is 2. The van der Waals surface area contributed by atoms with E-state index in [1.165, 1.54) is 4.68 Å². The largest absolute Gasteiger partial charge is 0.390 e. The summed E-state index contributed by atoms with van der Waals surface area (Å²) >= 11 is 0. The number of nitrogens with zero attached hydrogens (tertiary/aromatic N) is 2. The van der Waals surface area contributed by atoms with Crippen molar-refractivity contribution in [3.63, 3.8) is 0 Å². The van der Waals surface area contributed by atoms with Crippen molar-refractivity contribution in [3.05, 3.63) is 30.0 Å². The van der Waals surface area contributed by atoms with E-state index in [1.54, 1.807) is 31.3 Å². The fraction of sp³-hybridized carbons (Fsp3) is 0.333. The number of carbonyl (C=O) groups excluding carboxylic acids is 1. The Bertz CT molecular complexity index is 610. The number of amides is 1. The highest BCUT2D eigenvalue weighted by atomic mass is 19.3. The van der Waals surface area contributed by atoms with Crippen molar-refractivity contribution in [2.24, 2.45) is 7.05 Å². The Hall–Kier alpha value is -2.02. The van der Waals surface area contributed by atoms with E-state index in [1.807, 2.05) is 0 Å². The minimum atomic E-state index is -3.33. The van der Waals surface area contributed by atoms with Gasteiger partial charge in [-0.05, 0) is 6.07 Å². The number of aryl methyl sites for hydroxylation is 1. The Kier molecular flexibility index (Phi) is 3.48. The first-order valence-corrected chi connectivity index (χ1v) is 5.63. The molecule has 0 unspecified atom stereocenters. The number of nitrogens with one attached hydrogen (secondary N) is 1. The SMILES string of the molecule is Cn1nc(C(=O)NCC(F)(F)CO)c2ccccc21. The molecule has 0 saturated carbocycles. The molecule has 1 heterocycles. The quantitative estimate of drug-likeness (QED) is 0.867. The van der Waals surface area contributed by atoms with Gasteiger partial charge in [0.25, 0.3) is 11.8 Å². The van der Waals surface area contributed by atoms with Gasteiger partial charge >= 0.3 is 0 Å². The third-order valence-corrected chi connectivity index (χ3v) is 2.71. The number of benzene rings is 1. The lowest BCUT2D eigenvalue weighted by molar-refractivity contribution is -0.0462. The van der Waals surface area contributed by atoms with E-state index in [0.29, 0.717) is 5.39 Å². The average molecular weight is 269 g/mol. The van der Waals surface area contributed by atoms with Crippen LogP contribution in [0.4, 0.5) is 8.78 Å². The first-order valence-electron chi connectivity index (χ1n) is 5.63. The van der Waals surface area contributed by atoms with Crippen LogP contribution in [0.1, 0.15) is 10.5 Å². The maximum atomic E-state index is 12.9. The van der Waals surface area contributed by atoms with Crippen LogP contribution in [-0.4, -0.2) is 39.9 Å². The lowest BCUT2D eigenvalue weighted by atomic mass is 10.2. The Labute approximate surface area is 107 Å². The van der Waals surface area contributed by atoms with Gasteiger partial charge in [0.2, 0.25) is 0 Å². The Morgan fingerprint density at radius 2 is 2.16 bits per heavy atom. The van der Waals surface area contributed by atoms with E-state index >= 15 is 0 Å². The van der Waals surface area contributed by atoms with Crippen LogP contribution in [0.5, 0.6) is 0 Å². The number of fused-ring (bicyclic) bond motifs is 1. The van der Waals surface area contributed by atoms with Gasteiger partial charge in [-0.15, -0.1) is 0 Å². The maximum Gasteiger partial charge on any atom is 0.287 e. The summed E-state index contributed by atoms with van der Waals surface area (Å²) in [5.41, 5.74) is 0.827. The van der Waals surface area contributed by atoms with E-state index in [0.717, 1.165) is 5.52 Å². The highest BCUT2D eigenvalue weighted by Crippen LogP contribution is 2.17. The molecule has 1 aromatic heterocycles. The summed E-state index contributed by atoms with van der Waals surface area (Å²) in [5, 5.41) is 15.1. The van der Waals surface area contributed by atoms with Gasteiger partial charge < -0.3 is 10.4 Å². The van der Waals surface area contributed by atoms with Gasteiger partial charge in [0, 0.05) is 12.4 Å². The van der Waals surface area contributed by atoms with Crippen molar-refractivity contribution in [2.75, 3.05) is 13.2 Å². The van der Waals surface area contributed by atoms with E-state index in [4.69, 9.17) is 5.11 Å². The second kappa shape index (κ2) is 4.93. The summed E-state index contributed by atoms with van der Waals surface area (Å²) in [4.78, 5) is 11.8. The fourth-order valence-electron chi connectivity index (χ4n) is 1.73. The normalized spacial score (nSPS) is 11.8. The topological polar surface area (TPSA) is 67.2 Å². The van der Waals surface area contributed by atoms with E-state index < -0.39 is 25.0 Å². The number of aromatic nitrogens is 2. The molecule has 0 spiro atoms. The van der Waals surface area contributed by atoms with Gasteiger partial charge in [0.1, 0.15) is 6.61 Å². The van der Waals surface area contributed by atoms with Crippen LogP contribution in [0.15, 0.2) is 24.3 Å². The predicted octanol–water partition coefficient (Wildman–Crippen LogP) is 0.931. The molecular formula is C12H13F2N3O2. The first kappa shape index (κ1) is 13.4. The first-order chi connectivity index (χ1) is 8.94. The van der Waals surface area contributed by atoms with Crippen molar-refractivity contribution in [1.82, 2.24) is 15.1 Å². The molecule has 1 amide bonds. The van der Waals surface area contributed by atoms with Gasteiger partial charge in [-0.3, -0.25) is 9.48 Å². The highest BCUT2D eigenvalue weighted by Gasteiger charge is 2.29. The Morgan fingerprint density at radius 1 is 1.47 bits per heavy atom. The Morgan fingerprint density at radius 3 is 2.84 bits per heavy atom. The zero-order valence-electron chi connectivity index (χ0n) is 10.2. The number of rotatable bonds is 4. The lowest BCUT2D eigenvalue weighted by Gasteiger charge is -2.13. The molecule has 5 nitrogen and oxygen atoms in total. The second-order valence-corrected chi connectivity index (χ2v) is 4.19. The van der Waals surface area contributed by atoms with Gasteiger partial charge in [-0.1, -0.05) is 18.2 Å². The predicted molar refractivity (Wildman–Crippen MR) is 65.1 cm³/mol. The number of carbonyl (C=O) groups is 1. The van der Waals surface area contributed by atoms with Crippen LogP contribution < -0.4 is 5.32 Å². The van der Waals surface area contributed by atoms with Gasteiger partial charge in [-0.2, -0.15) is 5.10 Å². The number of alkyl halides is 2. The maximum absolute atomic E-state index is 12.9. The number of aliphatic hydroxyl groups is 1. The summed E-state index contributed by atoms with van der Waals surface area (Å²) in [6, 6.07) is 7.01. The fourth-order valence-corrected chi connectivity index (χ4v) is 1.73. The van der Waals surface area contributed by atoms with E-state index in [2.05, 4.69) is 10.4 Å². The summed E-state index contributed by atoms with van der Waals surface area (Å²) < 4.78 is 27.2. The van der Waals surface area contributed by atoms with E-state index in [-0.39, 0.29) is 5.69 Å². The van der Waals surface area contributed by atoms with Crippen LogP contribution in [0.3, 0.4) is 0 Å². The monoisotopic (exact) mass is 269 g/mol. The molecule has 0 aliphatic rings. The third-order valence-electron chi connectivity index (χ3n) is 2.71. The van der Waals surface area contributed by atoms with Crippen molar-refractivity contribution in [2.45, 2.75) is 5.92 Å².